The Morgan fingerprint density at radius 1 is 1.09 bits per heavy atom. The number of carbonyl (C=O) groups excluding carboxylic acids is 2. The van der Waals surface area contributed by atoms with Gasteiger partial charge in [-0.3, -0.25) is 9.59 Å². The summed E-state index contributed by atoms with van der Waals surface area (Å²) in [4.78, 5) is 34.8. The molecule has 0 aromatic rings. The van der Waals surface area contributed by atoms with Crippen molar-refractivity contribution >= 4 is 17.8 Å². The van der Waals surface area contributed by atoms with Crippen LogP contribution >= 0.6 is 0 Å². The van der Waals surface area contributed by atoms with Gasteiger partial charge in [-0.2, -0.15) is 0 Å². The molecule has 10 nitrogen and oxygen atoms in total. The molecule has 10 heteroatoms. The Hall–Kier alpha value is -1.75. The molecule has 0 spiro atoms. The van der Waals surface area contributed by atoms with Crippen LogP contribution in [0.25, 0.3) is 0 Å². The van der Waals surface area contributed by atoms with Crippen molar-refractivity contribution in [1.82, 2.24) is 10.6 Å². The molecule has 0 aromatic heterocycles. The van der Waals surface area contributed by atoms with Gasteiger partial charge in [0.2, 0.25) is 11.8 Å². The third-order valence-corrected chi connectivity index (χ3v) is 3.20. The van der Waals surface area contributed by atoms with E-state index in [1.165, 1.54) is 6.92 Å². The number of nitrogens with two attached hydrogens (primary N) is 2. The molecule has 0 aliphatic rings. The van der Waals surface area contributed by atoms with Gasteiger partial charge in [-0.1, -0.05) is 0 Å². The Morgan fingerprint density at radius 2 is 1.65 bits per heavy atom. The first-order valence-corrected chi connectivity index (χ1v) is 7.32. The van der Waals surface area contributed by atoms with E-state index in [9.17, 15) is 24.6 Å². The van der Waals surface area contributed by atoms with Crippen LogP contribution in [-0.2, 0) is 14.4 Å². The molecule has 0 saturated carbocycles. The number of amides is 2. The van der Waals surface area contributed by atoms with Crippen molar-refractivity contribution in [3.8, 4) is 0 Å². The van der Waals surface area contributed by atoms with Crippen LogP contribution < -0.4 is 22.1 Å². The first kappa shape index (κ1) is 21.2. The highest BCUT2D eigenvalue weighted by Crippen LogP contribution is 2.02. The normalized spacial score (nSPS) is 16.0. The number of carboxylic acid groups (broad SMARTS) is 1. The molecule has 0 bridgehead atoms. The molecule has 1 unspecified atom stereocenters. The standard InChI is InChI=1S/C13H26N4O6/c1-7(19)10(15)12(21)17-9(6-18)11(20)16-8(13(22)23)4-2-3-5-14/h7-10,18-19H,2-6,14-15H2,1H3,(H,16,20)(H,17,21)(H,22,23)/t7?,8-,9-,10-/m0/s1. The van der Waals surface area contributed by atoms with Gasteiger partial charge in [0, 0.05) is 0 Å². The van der Waals surface area contributed by atoms with Crippen molar-refractivity contribution in [2.75, 3.05) is 13.2 Å². The van der Waals surface area contributed by atoms with E-state index in [0.29, 0.717) is 19.4 Å². The van der Waals surface area contributed by atoms with Crippen molar-refractivity contribution in [1.29, 1.82) is 0 Å². The fraction of sp³-hybridized carbons (Fsp3) is 0.769. The number of carboxylic acids is 1. The predicted molar refractivity (Wildman–Crippen MR) is 81.1 cm³/mol. The van der Waals surface area contributed by atoms with Crippen LogP contribution in [0.2, 0.25) is 0 Å². The molecule has 0 radical (unpaired) electrons. The fourth-order valence-electron chi connectivity index (χ4n) is 1.70. The molecule has 0 aliphatic carbocycles. The SMILES string of the molecule is CC(O)[C@H](N)C(=O)N[C@@H](CO)C(=O)N[C@@H](CCCCN)C(=O)O. The van der Waals surface area contributed by atoms with E-state index < -0.39 is 48.6 Å². The maximum atomic E-state index is 12.0. The summed E-state index contributed by atoms with van der Waals surface area (Å²) in [5, 5.41) is 31.9. The van der Waals surface area contributed by atoms with Gasteiger partial charge in [-0.15, -0.1) is 0 Å². The smallest absolute Gasteiger partial charge is 0.326 e. The lowest BCUT2D eigenvalue weighted by Crippen LogP contribution is -2.57. The van der Waals surface area contributed by atoms with Gasteiger partial charge < -0.3 is 37.4 Å². The second-order valence-electron chi connectivity index (χ2n) is 5.19. The van der Waals surface area contributed by atoms with Crippen molar-refractivity contribution in [2.45, 2.75) is 50.4 Å². The molecule has 2 amide bonds. The number of aliphatic hydroxyl groups is 2. The van der Waals surface area contributed by atoms with Crippen LogP contribution in [0, 0.1) is 0 Å². The van der Waals surface area contributed by atoms with Gasteiger partial charge in [0.15, 0.2) is 0 Å². The van der Waals surface area contributed by atoms with E-state index in [-0.39, 0.29) is 6.42 Å². The zero-order chi connectivity index (χ0) is 18.0. The number of rotatable bonds is 11. The Bertz CT molecular complexity index is 404. The lowest BCUT2D eigenvalue weighted by molar-refractivity contribution is -0.142. The summed E-state index contributed by atoms with van der Waals surface area (Å²) in [5.41, 5.74) is 10.7. The molecule has 0 heterocycles. The minimum Gasteiger partial charge on any atom is -0.480 e. The van der Waals surface area contributed by atoms with Crippen molar-refractivity contribution < 1.29 is 29.7 Å². The summed E-state index contributed by atoms with van der Waals surface area (Å²) >= 11 is 0. The van der Waals surface area contributed by atoms with Gasteiger partial charge in [0.05, 0.1) is 12.7 Å². The summed E-state index contributed by atoms with van der Waals surface area (Å²) in [7, 11) is 0. The van der Waals surface area contributed by atoms with Gasteiger partial charge in [0.1, 0.15) is 18.1 Å². The summed E-state index contributed by atoms with van der Waals surface area (Å²) < 4.78 is 0. The minimum atomic E-state index is -1.36. The van der Waals surface area contributed by atoms with Crippen molar-refractivity contribution in [3.05, 3.63) is 0 Å². The largest absolute Gasteiger partial charge is 0.480 e. The monoisotopic (exact) mass is 334 g/mol. The summed E-state index contributed by atoms with van der Waals surface area (Å²) in [6, 6.07) is -3.77. The van der Waals surface area contributed by atoms with E-state index in [4.69, 9.17) is 16.6 Å². The first-order valence-electron chi connectivity index (χ1n) is 7.32. The van der Waals surface area contributed by atoms with E-state index in [1.807, 2.05) is 0 Å². The average molecular weight is 334 g/mol. The van der Waals surface area contributed by atoms with E-state index in [2.05, 4.69) is 10.6 Å². The van der Waals surface area contributed by atoms with Gasteiger partial charge >= 0.3 is 5.97 Å². The number of aliphatic carboxylic acids is 1. The molecule has 4 atom stereocenters. The summed E-state index contributed by atoms with van der Waals surface area (Å²) in [6.07, 6.45) is 0.165. The van der Waals surface area contributed by atoms with Crippen molar-refractivity contribution in [3.63, 3.8) is 0 Å². The highest BCUT2D eigenvalue weighted by Gasteiger charge is 2.28. The van der Waals surface area contributed by atoms with E-state index >= 15 is 0 Å². The highest BCUT2D eigenvalue weighted by molar-refractivity contribution is 5.92. The third-order valence-electron chi connectivity index (χ3n) is 3.20. The number of nitrogens with one attached hydrogen (secondary N) is 2. The Labute approximate surface area is 134 Å². The van der Waals surface area contributed by atoms with Gasteiger partial charge in [-0.05, 0) is 32.7 Å². The maximum Gasteiger partial charge on any atom is 0.326 e. The molecule has 0 saturated heterocycles. The Morgan fingerprint density at radius 3 is 2.09 bits per heavy atom. The topological polar surface area (TPSA) is 188 Å². The zero-order valence-electron chi connectivity index (χ0n) is 13.1. The predicted octanol–water partition coefficient (Wildman–Crippen LogP) is -3.13. The minimum absolute atomic E-state index is 0.178. The molecule has 134 valence electrons. The number of carbonyl (C=O) groups is 3. The summed E-state index contributed by atoms with van der Waals surface area (Å²) in [5.74, 6) is -2.90. The molecule has 0 aliphatic heterocycles. The van der Waals surface area contributed by atoms with Crippen molar-refractivity contribution in [2.24, 2.45) is 11.5 Å². The van der Waals surface area contributed by atoms with Crippen LogP contribution in [-0.4, -0.2) is 70.5 Å². The molecular weight excluding hydrogens is 308 g/mol. The average Bonchev–Trinajstić information content (AvgIpc) is 2.50. The first-order chi connectivity index (χ1) is 10.7. The Balaban J connectivity index is 4.67. The molecule has 9 N–H and O–H groups in total. The zero-order valence-corrected chi connectivity index (χ0v) is 13.1. The Kier molecular flexibility index (Phi) is 10.1. The second-order valence-corrected chi connectivity index (χ2v) is 5.19. The van der Waals surface area contributed by atoms with E-state index in [1.54, 1.807) is 0 Å². The number of aliphatic hydroxyl groups excluding tert-OH is 2. The number of unbranched alkanes of at least 4 members (excludes halogenated alkanes) is 1. The number of hydrogen-bond donors (Lipinski definition) is 7. The van der Waals surface area contributed by atoms with Gasteiger partial charge in [0.25, 0.3) is 0 Å². The van der Waals surface area contributed by atoms with Crippen LogP contribution in [0.4, 0.5) is 0 Å². The maximum absolute atomic E-state index is 12.0. The molecule has 23 heavy (non-hydrogen) atoms. The highest BCUT2D eigenvalue weighted by atomic mass is 16.4. The molecule has 0 fully saturated rings. The lowest BCUT2D eigenvalue weighted by atomic mass is 10.1. The number of hydrogen-bond acceptors (Lipinski definition) is 7. The van der Waals surface area contributed by atoms with Crippen LogP contribution in [0.1, 0.15) is 26.2 Å². The quantitative estimate of drug-likeness (QED) is 0.193. The van der Waals surface area contributed by atoms with Gasteiger partial charge in [-0.25, -0.2) is 4.79 Å². The lowest BCUT2D eigenvalue weighted by Gasteiger charge is -2.22. The van der Waals surface area contributed by atoms with Crippen LogP contribution in [0.15, 0.2) is 0 Å². The third kappa shape index (κ3) is 7.88. The summed E-state index contributed by atoms with van der Waals surface area (Å²) in [6.45, 7) is 0.974. The second kappa shape index (κ2) is 10.9. The molecule has 0 aromatic carbocycles. The fourth-order valence-corrected chi connectivity index (χ4v) is 1.70. The molecule has 0 rings (SSSR count). The van der Waals surface area contributed by atoms with E-state index in [0.717, 1.165) is 0 Å². The van der Waals surface area contributed by atoms with Crippen LogP contribution in [0.3, 0.4) is 0 Å². The molecular formula is C13H26N4O6. The van der Waals surface area contributed by atoms with Crippen LogP contribution in [0.5, 0.6) is 0 Å².